The van der Waals surface area contributed by atoms with E-state index in [0.717, 1.165) is 31.4 Å². The summed E-state index contributed by atoms with van der Waals surface area (Å²) in [6, 6.07) is 2.75. The van der Waals surface area contributed by atoms with Crippen LogP contribution in [0.3, 0.4) is 0 Å². The van der Waals surface area contributed by atoms with Crippen molar-refractivity contribution in [2.24, 2.45) is 0 Å². The van der Waals surface area contributed by atoms with Crippen LogP contribution in [0.15, 0.2) is 17.0 Å². The number of thioether (sulfide) groups is 1. The van der Waals surface area contributed by atoms with E-state index in [0.29, 0.717) is 11.6 Å². The van der Waals surface area contributed by atoms with Crippen LogP contribution in [0.2, 0.25) is 10.0 Å². The molecule has 0 saturated carbocycles. The van der Waals surface area contributed by atoms with Crippen LogP contribution in [0.25, 0.3) is 0 Å². The van der Waals surface area contributed by atoms with Gasteiger partial charge in [-0.15, -0.1) is 0 Å². The van der Waals surface area contributed by atoms with Crippen LogP contribution in [0.4, 0.5) is 5.69 Å². The highest BCUT2D eigenvalue weighted by Crippen LogP contribution is 2.30. The van der Waals surface area contributed by atoms with E-state index in [1.807, 2.05) is 11.8 Å². The molecule has 0 saturated heterocycles. The van der Waals surface area contributed by atoms with Crippen molar-refractivity contribution in [1.82, 2.24) is 4.72 Å². The number of rotatable bonds is 9. The summed E-state index contributed by atoms with van der Waals surface area (Å²) < 4.78 is 26.9. The Labute approximate surface area is 140 Å². The highest BCUT2D eigenvalue weighted by atomic mass is 35.5. The normalized spacial score (nSPS) is 11.8. The summed E-state index contributed by atoms with van der Waals surface area (Å²) in [6.07, 6.45) is 6.12. The van der Waals surface area contributed by atoms with E-state index in [1.165, 1.54) is 12.1 Å². The molecule has 0 aromatic heterocycles. The molecule has 0 spiro atoms. The third-order valence-corrected chi connectivity index (χ3v) is 5.78. The summed E-state index contributed by atoms with van der Waals surface area (Å²) in [4.78, 5) is -0.101. The van der Waals surface area contributed by atoms with Gasteiger partial charge in [-0.3, -0.25) is 0 Å². The number of nitrogens with one attached hydrogen (secondary N) is 1. The quantitative estimate of drug-likeness (QED) is 0.512. The van der Waals surface area contributed by atoms with Gasteiger partial charge in [-0.05, 0) is 37.0 Å². The molecular weight excluding hydrogens is 351 g/mol. The van der Waals surface area contributed by atoms with Crippen LogP contribution in [-0.2, 0) is 10.0 Å². The molecule has 0 heterocycles. The third kappa shape index (κ3) is 6.24. The number of hydrogen-bond acceptors (Lipinski definition) is 4. The molecular formula is C13H20Cl2N2O2S2. The molecule has 0 amide bonds. The molecule has 1 aromatic carbocycles. The number of sulfonamides is 1. The SMILES string of the molecule is CSCCCCCCNS(=O)(=O)c1c(N)cc(Cl)cc1Cl. The van der Waals surface area contributed by atoms with Crippen molar-refractivity contribution in [3.8, 4) is 0 Å². The highest BCUT2D eigenvalue weighted by molar-refractivity contribution is 7.98. The van der Waals surface area contributed by atoms with Crippen molar-refractivity contribution in [2.75, 3.05) is 24.3 Å². The number of anilines is 1. The van der Waals surface area contributed by atoms with Crippen molar-refractivity contribution in [3.05, 3.63) is 22.2 Å². The highest BCUT2D eigenvalue weighted by Gasteiger charge is 2.21. The lowest BCUT2D eigenvalue weighted by Crippen LogP contribution is -2.26. The third-order valence-electron chi connectivity index (χ3n) is 2.87. The number of unbranched alkanes of at least 4 members (excludes halogenated alkanes) is 3. The van der Waals surface area contributed by atoms with E-state index in [4.69, 9.17) is 28.9 Å². The summed E-state index contributed by atoms with van der Waals surface area (Å²) >= 11 is 13.5. The Morgan fingerprint density at radius 2 is 1.86 bits per heavy atom. The van der Waals surface area contributed by atoms with Crippen LogP contribution >= 0.6 is 35.0 Å². The topological polar surface area (TPSA) is 72.2 Å². The second kappa shape index (κ2) is 9.10. The molecule has 8 heteroatoms. The van der Waals surface area contributed by atoms with Crippen LogP contribution in [0, 0.1) is 0 Å². The van der Waals surface area contributed by atoms with Gasteiger partial charge in [0.1, 0.15) is 4.90 Å². The van der Waals surface area contributed by atoms with Gasteiger partial charge in [0.2, 0.25) is 10.0 Å². The fourth-order valence-electron chi connectivity index (χ4n) is 1.87. The summed E-state index contributed by atoms with van der Waals surface area (Å²) in [5.74, 6) is 1.14. The largest absolute Gasteiger partial charge is 0.398 e. The molecule has 0 aliphatic heterocycles. The van der Waals surface area contributed by atoms with Crippen molar-refractivity contribution < 1.29 is 8.42 Å². The van der Waals surface area contributed by atoms with Crippen LogP contribution < -0.4 is 10.5 Å². The lowest BCUT2D eigenvalue weighted by molar-refractivity contribution is 0.574. The molecule has 0 aliphatic rings. The average Bonchev–Trinajstić information content (AvgIpc) is 2.35. The van der Waals surface area contributed by atoms with E-state index < -0.39 is 10.0 Å². The van der Waals surface area contributed by atoms with Gasteiger partial charge in [0.15, 0.2) is 0 Å². The predicted octanol–water partition coefficient (Wildman–Crippen LogP) is 3.78. The number of nitrogen functional groups attached to an aromatic ring is 1. The van der Waals surface area contributed by atoms with Gasteiger partial charge >= 0.3 is 0 Å². The second-order valence-electron chi connectivity index (χ2n) is 4.61. The van der Waals surface area contributed by atoms with Gasteiger partial charge in [-0.2, -0.15) is 11.8 Å². The first-order valence-corrected chi connectivity index (χ1v) is 10.2. The van der Waals surface area contributed by atoms with Crippen LogP contribution in [0.5, 0.6) is 0 Å². The van der Waals surface area contributed by atoms with Crippen molar-refractivity contribution in [1.29, 1.82) is 0 Å². The predicted molar refractivity (Wildman–Crippen MR) is 92.9 cm³/mol. The van der Waals surface area contributed by atoms with Crippen molar-refractivity contribution in [3.63, 3.8) is 0 Å². The van der Waals surface area contributed by atoms with Crippen LogP contribution in [0.1, 0.15) is 25.7 Å². The summed E-state index contributed by atoms with van der Waals surface area (Å²) in [7, 11) is -3.71. The van der Waals surface area contributed by atoms with E-state index in [2.05, 4.69) is 11.0 Å². The molecule has 0 aliphatic carbocycles. The van der Waals surface area contributed by atoms with Gasteiger partial charge in [0, 0.05) is 11.6 Å². The molecule has 1 aromatic rings. The monoisotopic (exact) mass is 370 g/mol. The van der Waals surface area contributed by atoms with Crippen molar-refractivity contribution in [2.45, 2.75) is 30.6 Å². The molecule has 120 valence electrons. The Morgan fingerprint density at radius 1 is 1.19 bits per heavy atom. The standard InChI is InChI=1S/C13H20Cl2N2O2S2/c1-20-7-5-3-2-4-6-17-21(18,19)13-11(15)8-10(14)9-12(13)16/h8-9,17H,2-7,16H2,1H3. The second-order valence-corrected chi connectivity index (χ2v) is 8.14. The zero-order valence-corrected chi connectivity index (χ0v) is 15.0. The van der Waals surface area contributed by atoms with Gasteiger partial charge < -0.3 is 5.73 Å². The fraction of sp³-hybridized carbons (Fsp3) is 0.538. The lowest BCUT2D eigenvalue weighted by Gasteiger charge is -2.11. The van der Waals surface area contributed by atoms with Gasteiger partial charge in [0.05, 0.1) is 10.7 Å². The maximum atomic E-state index is 12.2. The van der Waals surface area contributed by atoms with Gasteiger partial charge in [-0.1, -0.05) is 36.0 Å². The summed E-state index contributed by atoms with van der Waals surface area (Å²) in [5.41, 5.74) is 5.76. The minimum atomic E-state index is -3.71. The van der Waals surface area contributed by atoms with E-state index in [9.17, 15) is 8.42 Å². The smallest absolute Gasteiger partial charge is 0.244 e. The molecule has 1 rings (SSSR count). The first-order chi connectivity index (χ1) is 9.88. The molecule has 21 heavy (non-hydrogen) atoms. The molecule has 0 fully saturated rings. The maximum Gasteiger partial charge on any atom is 0.244 e. The van der Waals surface area contributed by atoms with Crippen molar-refractivity contribution >= 4 is 50.7 Å². The molecule has 4 nitrogen and oxygen atoms in total. The zero-order chi connectivity index (χ0) is 15.9. The van der Waals surface area contributed by atoms with Gasteiger partial charge in [0.25, 0.3) is 0 Å². The molecule has 0 bridgehead atoms. The van der Waals surface area contributed by atoms with Crippen LogP contribution in [-0.4, -0.2) is 27.0 Å². The maximum absolute atomic E-state index is 12.2. The molecule has 0 unspecified atom stereocenters. The fourth-order valence-corrected chi connectivity index (χ4v) is 4.42. The number of nitrogens with two attached hydrogens (primary N) is 1. The number of benzene rings is 1. The molecule has 0 atom stereocenters. The van der Waals surface area contributed by atoms with E-state index in [1.54, 1.807) is 0 Å². The summed E-state index contributed by atoms with van der Waals surface area (Å²) in [6.45, 7) is 0.375. The average molecular weight is 371 g/mol. The minimum absolute atomic E-state index is 0.0347. The Balaban J connectivity index is 2.55. The molecule has 0 radical (unpaired) electrons. The number of hydrogen-bond donors (Lipinski definition) is 2. The lowest BCUT2D eigenvalue weighted by atomic mass is 10.2. The molecule has 3 N–H and O–H groups in total. The summed E-state index contributed by atoms with van der Waals surface area (Å²) in [5, 5.41) is 0.345. The van der Waals surface area contributed by atoms with Gasteiger partial charge in [-0.25, -0.2) is 13.1 Å². The Hall–Kier alpha value is -0.140. The first kappa shape index (κ1) is 18.9. The number of halogens is 2. The first-order valence-electron chi connectivity index (χ1n) is 6.61. The minimum Gasteiger partial charge on any atom is -0.398 e. The van der Waals surface area contributed by atoms with E-state index >= 15 is 0 Å². The van der Waals surface area contributed by atoms with E-state index in [-0.39, 0.29) is 15.6 Å². The Kier molecular flexibility index (Phi) is 8.19. The Bertz CT molecular complexity index is 542. The Morgan fingerprint density at radius 3 is 2.48 bits per heavy atom. The zero-order valence-electron chi connectivity index (χ0n) is 11.9.